The van der Waals surface area contributed by atoms with Gasteiger partial charge < -0.3 is 85.9 Å². The Bertz CT molecular complexity index is 2500. The molecule has 0 aliphatic rings. The number of nitrogens with two attached hydrogens (primary N) is 4. The first-order valence-corrected chi connectivity index (χ1v) is 27.3. The molecule has 1 aromatic carbocycles. The van der Waals surface area contributed by atoms with Crippen LogP contribution in [-0.4, -0.2) is 203 Å². The monoisotopic (exact) mass is 1210 g/mol. The minimum Gasteiger partial charge on any atom is -0.475 e. The molecule has 1 rings (SSSR count). The number of carbonyl (C=O) groups is 12. The summed E-state index contributed by atoms with van der Waals surface area (Å²) in [5.74, 6) is -15.5. The second-order valence-electron chi connectivity index (χ2n) is 19.3. The van der Waals surface area contributed by atoms with E-state index in [1.807, 2.05) is 0 Å². The van der Waals surface area contributed by atoms with Gasteiger partial charge in [0, 0.05) is 19.0 Å². The number of amides is 11. The largest absolute Gasteiger partial charge is 0.490 e. The predicted molar refractivity (Wildman–Crippen MR) is 286 cm³/mol. The molecule has 0 saturated carbocycles. The number of primary amides is 3. The number of halogens is 3. The Balaban J connectivity index is 0.00000897. The van der Waals surface area contributed by atoms with E-state index in [0.717, 1.165) is 4.31 Å². The lowest BCUT2D eigenvalue weighted by Gasteiger charge is -2.32. The van der Waals surface area contributed by atoms with Crippen LogP contribution in [0.5, 0.6) is 0 Å². The minimum atomic E-state index is -5.08. The summed E-state index contributed by atoms with van der Waals surface area (Å²) >= 11 is 0. The van der Waals surface area contributed by atoms with E-state index in [0.29, 0.717) is 12.0 Å². The molecule has 0 aliphatic heterocycles. The average molecular weight is 1210 g/mol. The summed E-state index contributed by atoms with van der Waals surface area (Å²) in [6, 6.07) is -5.42. The van der Waals surface area contributed by atoms with Crippen molar-refractivity contribution in [1.82, 2.24) is 46.8 Å². The number of hydrogen-bond donors (Lipinski definition) is 16. The molecule has 10 atom stereocenters. The molecule has 35 heteroatoms. The maximum Gasteiger partial charge on any atom is 0.490 e. The van der Waals surface area contributed by atoms with Gasteiger partial charge in [-0.2, -0.15) is 17.5 Å². The van der Waals surface area contributed by atoms with Crippen molar-refractivity contribution in [2.45, 2.75) is 141 Å². The molecule has 11 amide bonds. The molecule has 0 spiro atoms. The SMILES string of the molecule is CCCN([C@@H](CO)C(=O)N[C@@H](CO)C(N)=O)S(=O)(=O)C[C@H](CC(C)C)NC(=O)[C@@H](NC(=O)[C@H](C)NC(=O)CNC(=O)[C@H](Cc1ccccc1)NC(=O)[C@H](CC(N)=O)NC(=O)[C@H](CC(N)=O)NC(=O)[C@@H](N)CO)[C@@H](C)CC.O=C(O)C(F)(F)F. The van der Waals surface area contributed by atoms with Crippen molar-refractivity contribution >= 4 is 81.0 Å². The Morgan fingerprint density at radius 1 is 0.639 bits per heavy atom. The van der Waals surface area contributed by atoms with Gasteiger partial charge in [-0.25, -0.2) is 13.2 Å². The number of rotatable bonds is 36. The number of alkyl halides is 3. The smallest absolute Gasteiger partial charge is 0.475 e. The number of sulfonamides is 1. The third-order valence-corrected chi connectivity index (χ3v) is 13.7. The van der Waals surface area contributed by atoms with Crippen LogP contribution in [0.1, 0.15) is 79.2 Å². The summed E-state index contributed by atoms with van der Waals surface area (Å²) in [7, 11) is -4.49. The Morgan fingerprint density at radius 2 is 1.14 bits per heavy atom. The Labute approximate surface area is 476 Å². The number of aliphatic hydroxyl groups excluding tert-OH is 3. The number of carboxylic acids is 1. The molecule has 0 saturated heterocycles. The number of hydrogen-bond acceptors (Lipinski definition) is 18. The second kappa shape index (κ2) is 36.8. The van der Waals surface area contributed by atoms with Gasteiger partial charge in [0.2, 0.25) is 75.0 Å². The third kappa shape index (κ3) is 28.3. The number of carboxylic acid groups (broad SMARTS) is 1. The molecule has 0 bridgehead atoms. The minimum absolute atomic E-state index is 0.0946. The van der Waals surface area contributed by atoms with Crippen molar-refractivity contribution in [2.24, 2.45) is 34.8 Å². The molecule has 83 heavy (non-hydrogen) atoms. The second-order valence-corrected chi connectivity index (χ2v) is 21.2. The molecular formula is C48H78F3N13O18S. The average Bonchev–Trinajstić information content (AvgIpc) is 3.59. The molecule has 0 unspecified atom stereocenters. The highest BCUT2D eigenvalue weighted by Gasteiger charge is 2.40. The molecule has 1 aromatic rings. The Morgan fingerprint density at radius 3 is 1.58 bits per heavy atom. The standard InChI is InChI=1S/C46H77N13O16S.C2HF3O2/c1-7-14-59(34(22-62)45(72)57-33(21-61)39(50)66)76(74,75)23-28(15-24(3)4)53-46(73)38(25(5)8-2)58-40(67)26(6)52-37(65)19-51-42(69)30(16-27-12-10-9-11-13-27)55-44(71)32(18-36(49)64)56-43(70)31(17-35(48)63)54-41(68)29(47)20-60;3-2(4,5)1(6)7/h9-13,24-26,28-34,38,60-62H,7-8,14-23,47H2,1-6H3,(H2,48,63)(H2,49,64)(H2,50,66)(H,51,69)(H,52,65)(H,53,73)(H,54,68)(H,55,71)(H,56,70)(H,57,72)(H,58,67);(H,6,7)/t25-,26-,28-,29-,30-,31-,32-,33-,34-,38-;/m0./s1. The van der Waals surface area contributed by atoms with E-state index in [9.17, 15) is 89.6 Å². The van der Waals surface area contributed by atoms with Crippen molar-refractivity contribution in [2.75, 3.05) is 38.7 Å². The van der Waals surface area contributed by atoms with Gasteiger partial charge in [0.1, 0.15) is 48.3 Å². The van der Waals surface area contributed by atoms with Gasteiger partial charge in [-0.05, 0) is 37.2 Å². The van der Waals surface area contributed by atoms with Crippen molar-refractivity contribution in [3.05, 3.63) is 35.9 Å². The molecule has 0 radical (unpaired) electrons. The summed E-state index contributed by atoms with van der Waals surface area (Å²) < 4.78 is 60.5. The van der Waals surface area contributed by atoms with Gasteiger partial charge in [-0.15, -0.1) is 0 Å². The van der Waals surface area contributed by atoms with E-state index in [4.69, 9.17) is 32.8 Å². The Hall–Kier alpha value is -7.60. The normalized spacial score (nSPS) is 15.0. The van der Waals surface area contributed by atoms with Crippen molar-refractivity contribution in [3.63, 3.8) is 0 Å². The maximum atomic E-state index is 14.0. The number of nitrogens with one attached hydrogen (secondary N) is 8. The highest BCUT2D eigenvalue weighted by molar-refractivity contribution is 7.89. The zero-order chi connectivity index (χ0) is 64.1. The summed E-state index contributed by atoms with van der Waals surface area (Å²) in [6.45, 7) is 6.02. The highest BCUT2D eigenvalue weighted by Crippen LogP contribution is 2.17. The summed E-state index contributed by atoms with van der Waals surface area (Å²) in [5.41, 5.74) is 21.8. The fourth-order valence-corrected chi connectivity index (χ4v) is 9.21. The molecule has 0 heterocycles. The van der Waals surface area contributed by atoms with E-state index in [-0.39, 0.29) is 31.7 Å². The van der Waals surface area contributed by atoms with E-state index in [2.05, 4.69) is 42.5 Å². The van der Waals surface area contributed by atoms with E-state index < -0.39 is 192 Å². The van der Waals surface area contributed by atoms with Crippen LogP contribution in [0.3, 0.4) is 0 Å². The van der Waals surface area contributed by atoms with E-state index in [1.54, 1.807) is 65.0 Å². The maximum absolute atomic E-state index is 14.0. The summed E-state index contributed by atoms with van der Waals surface area (Å²) in [6.07, 6.45) is -6.32. The molecular weight excluding hydrogens is 1140 g/mol. The quantitative estimate of drug-likeness (QED) is 0.0297. The van der Waals surface area contributed by atoms with E-state index in [1.165, 1.54) is 6.92 Å². The van der Waals surface area contributed by atoms with Crippen LogP contribution in [0.2, 0.25) is 0 Å². The first-order valence-electron chi connectivity index (χ1n) is 25.7. The van der Waals surface area contributed by atoms with Crippen LogP contribution in [0.25, 0.3) is 0 Å². The molecule has 470 valence electrons. The van der Waals surface area contributed by atoms with Crippen molar-refractivity contribution in [1.29, 1.82) is 0 Å². The van der Waals surface area contributed by atoms with Crippen LogP contribution < -0.4 is 65.5 Å². The summed E-state index contributed by atoms with van der Waals surface area (Å²) in [4.78, 5) is 151. The van der Waals surface area contributed by atoms with Crippen molar-refractivity contribution in [3.8, 4) is 0 Å². The summed E-state index contributed by atoms with van der Waals surface area (Å²) in [5, 5.41) is 54.9. The number of carbonyl (C=O) groups excluding carboxylic acids is 11. The lowest BCUT2D eigenvalue weighted by atomic mass is 9.97. The number of aliphatic hydroxyl groups is 3. The first kappa shape index (κ1) is 75.4. The molecule has 31 nitrogen and oxygen atoms in total. The van der Waals surface area contributed by atoms with Crippen LogP contribution in [0.15, 0.2) is 30.3 Å². The lowest BCUT2D eigenvalue weighted by Crippen LogP contribution is -2.60. The third-order valence-electron chi connectivity index (χ3n) is 11.7. The highest BCUT2D eigenvalue weighted by atomic mass is 32.2. The van der Waals surface area contributed by atoms with Gasteiger partial charge >= 0.3 is 12.1 Å². The van der Waals surface area contributed by atoms with Gasteiger partial charge in [0.25, 0.3) is 0 Å². The Kier molecular flexibility index (Phi) is 33.4. The lowest BCUT2D eigenvalue weighted by molar-refractivity contribution is -0.192. The first-order chi connectivity index (χ1) is 38.5. The molecule has 20 N–H and O–H groups in total. The van der Waals surface area contributed by atoms with Crippen LogP contribution >= 0.6 is 0 Å². The number of aliphatic carboxylic acids is 1. The van der Waals surface area contributed by atoms with Gasteiger partial charge in [-0.1, -0.05) is 71.4 Å². The van der Waals surface area contributed by atoms with Gasteiger partial charge in [0.15, 0.2) is 0 Å². The van der Waals surface area contributed by atoms with E-state index >= 15 is 0 Å². The van der Waals surface area contributed by atoms with Crippen LogP contribution in [0.4, 0.5) is 13.2 Å². The number of nitrogens with zero attached hydrogens (tertiary/aromatic N) is 1. The van der Waals surface area contributed by atoms with Gasteiger partial charge in [-0.3, -0.25) is 52.7 Å². The molecule has 0 aromatic heterocycles. The zero-order valence-electron chi connectivity index (χ0n) is 46.5. The van der Waals surface area contributed by atoms with Gasteiger partial charge in [0.05, 0.1) is 45.0 Å². The topological polar surface area (TPSA) is 523 Å². The zero-order valence-corrected chi connectivity index (χ0v) is 47.3. The fraction of sp³-hybridized carbons (Fsp3) is 0.625. The fourth-order valence-electron chi connectivity index (χ4n) is 7.28. The predicted octanol–water partition coefficient (Wildman–Crippen LogP) is -6.57. The van der Waals surface area contributed by atoms with Crippen molar-refractivity contribution < 1.29 is 99.5 Å². The van der Waals surface area contributed by atoms with Crippen LogP contribution in [-0.2, 0) is 74.0 Å². The van der Waals surface area contributed by atoms with Crippen LogP contribution in [0, 0.1) is 11.8 Å². The molecule has 0 aliphatic carbocycles. The molecule has 0 fully saturated rings. The number of benzene rings is 1.